The van der Waals surface area contributed by atoms with Gasteiger partial charge in [-0.2, -0.15) is 0 Å². The van der Waals surface area contributed by atoms with Crippen LogP contribution in [-0.2, 0) is 9.59 Å². The summed E-state index contributed by atoms with van der Waals surface area (Å²) < 4.78 is 18.8. The Kier molecular flexibility index (Phi) is 5.85. The lowest BCUT2D eigenvalue weighted by molar-refractivity contribution is -0.127. The van der Waals surface area contributed by atoms with Gasteiger partial charge in [-0.05, 0) is 30.3 Å². The molecule has 7 nitrogen and oxygen atoms in total. The first kappa shape index (κ1) is 19.8. The van der Waals surface area contributed by atoms with Crippen molar-refractivity contribution in [3.05, 3.63) is 66.3 Å². The Morgan fingerprint density at radius 1 is 1.10 bits per heavy atom. The lowest BCUT2D eigenvalue weighted by Gasteiger charge is -2.33. The number of benzene rings is 2. The van der Waals surface area contributed by atoms with Gasteiger partial charge >= 0.3 is 0 Å². The number of fused-ring (bicyclic) bond motifs is 1. The summed E-state index contributed by atoms with van der Waals surface area (Å²) in [6.07, 6.45) is 3.03. The monoisotopic (exact) mass is 408 g/mol. The summed E-state index contributed by atoms with van der Waals surface area (Å²) in [5.74, 6) is -0.347. The Bertz CT molecular complexity index is 1050. The minimum absolute atomic E-state index is 0.124. The van der Waals surface area contributed by atoms with E-state index >= 15 is 0 Å². The number of anilines is 1. The number of aromatic nitrogens is 1. The molecule has 30 heavy (non-hydrogen) atoms. The molecule has 1 fully saturated rings. The van der Waals surface area contributed by atoms with Crippen molar-refractivity contribution in [2.24, 2.45) is 0 Å². The summed E-state index contributed by atoms with van der Waals surface area (Å²) in [4.78, 5) is 32.6. The summed E-state index contributed by atoms with van der Waals surface area (Å²) in [6.45, 7) is 2.39. The molecule has 0 atom stereocenters. The predicted molar refractivity (Wildman–Crippen MR) is 111 cm³/mol. The molecule has 0 unspecified atom stereocenters. The third-order valence-electron chi connectivity index (χ3n) is 4.84. The molecule has 2 aromatic carbocycles. The molecule has 1 saturated heterocycles. The second-order valence-corrected chi connectivity index (χ2v) is 7.01. The summed E-state index contributed by atoms with van der Waals surface area (Å²) >= 11 is 0. The lowest BCUT2D eigenvalue weighted by Crippen LogP contribution is -2.50. The van der Waals surface area contributed by atoms with Gasteiger partial charge < -0.3 is 14.6 Å². The maximum absolute atomic E-state index is 13.2. The predicted octanol–water partition coefficient (Wildman–Crippen LogP) is 2.76. The van der Waals surface area contributed by atoms with Crippen LogP contribution < -0.4 is 5.32 Å². The van der Waals surface area contributed by atoms with E-state index in [0.29, 0.717) is 43.3 Å². The second kappa shape index (κ2) is 8.87. The molecule has 0 saturated carbocycles. The first-order chi connectivity index (χ1) is 14.6. The normalized spacial score (nSPS) is 15.0. The number of piperazine rings is 1. The molecule has 0 aliphatic carbocycles. The van der Waals surface area contributed by atoms with Crippen LogP contribution in [0.2, 0.25) is 0 Å². The van der Waals surface area contributed by atoms with Gasteiger partial charge in [-0.3, -0.25) is 14.5 Å². The van der Waals surface area contributed by atoms with Gasteiger partial charge in [0.05, 0.1) is 6.54 Å². The molecule has 3 aromatic rings. The molecule has 8 heteroatoms. The van der Waals surface area contributed by atoms with Crippen LogP contribution in [0.1, 0.15) is 5.89 Å². The van der Waals surface area contributed by atoms with Crippen molar-refractivity contribution < 1.29 is 18.4 Å². The van der Waals surface area contributed by atoms with E-state index in [4.69, 9.17) is 4.42 Å². The average molecular weight is 408 g/mol. The Balaban J connectivity index is 1.25. The van der Waals surface area contributed by atoms with Crippen molar-refractivity contribution >= 4 is 34.7 Å². The maximum atomic E-state index is 13.2. The zero-order chi connectivity index (χ0) is 20.9. The van der Waals surface area contributed by atoms with Crippen molar-refractivity contribution in [3.8, 4) is 0 Å². The zero-order valence-electron chi connectivity index (χ0n) is 16.3. The highest BCUT2D eigenvalue weighted by molar-refractivity contribution is 5.93. The van der Waals surface area contributed by atoms with Crippen LogP contribution in [0.3, 0.4) is 0 Å². The molecule has 1 aliphatic heterocycles. The van der Waals surface area contributed by atoms with Gasteiger partial charge in [-0.1, -0.05) is 18.2 Å². The number of carbonyl (C=O) groups is 2. The van der Waals surface area contributed by atoms with Gasteiger partial charge in [0.15, 0.2) is 5.58 Å². The molecule has 1 aliphatic rings. The third-order valence-corrected chi connectivity index (χ3v) is 4.84. The van der Waals surface area contributed by atoms with E-state index in [1.807, 2.05) is 29.2 Å². The van der Waals surface area contributed by atoms with Crippen LogP contribution in [0.4, 0.5) is 10.1 Å². The van der Waals surface area contributed by atoms with Gasteiger partial charge in [-0.25, -0.2) is 9.37 Å². The van der Waals surface area contributed by atoms with Gasteiger partial charge in [0.2, 0.25) is 17.7 Å². The van der Waals surface area contributed by atoms with Crippen molar-refractivity contribution in [3.63, 3.8) is 0 Å². The molecule has 0 bridgehead atoms. The number of hydrogen-bond acceptors (Lipinski definition) is 5. The zero-order valence-corrected chi connectivity index (χ0v) is 16.3. The fourth-order valence-corrected chi connectivity index (χ4v) is 3.31. The minimum atomic E-state index is -0.397. The molecule has 4 rings (SSSR count). The number of halogens is 1. The smallest absolute Gasteiger partial charge is 0.246 e. The highest BCUT2D eigenvalue weighted by Crippen LogP contribution is 2.16. The van der Waals surface area contributed by atoms with Crippen molar-refractivity contribution in [2.45, 2.75) is 0 Å². The number of nitrogens with one attached hydrogen (secondary N) is 1. The van der Waals surface area contributed by atoms with E-state index in [1.54, 1.807) is 23.1 Å². The fourth-order valence-electron chi connectivity index (χ4n) is 3.31. The molecule has 154 valence electrons. The number of rotatable bonds is 5. The summed E-state index contributed by atoms with van der Waals surface area (Å²) in [7, 11) is 0. The number of amides is 2. The lowest BCUT2D eigenvalue weighted by atomic mass is 10.2. The van der Waals surface area contributed by atoms with E-state index < -0.39 is 5.82 Å². The van der Waals surface area contributed by atoms with Crippen molar-refractivity contribution in [2.75, 3.05) is 38.0 Å². The van der Waals surface area contributed by atoms with Gasteiger partial charge in [0, 0.05) is 44.0 Å². The number of para-hydroxylation sites is 2. The van der Waals surface area contributed by atoms with Gasteiger partial charge in [0.1, 0.15) is 11.3 Å². The first-order valence-corrected chi connectivity index (χ1v) is 9.67. The van der Waals surface area contributed by atoms with Crippen LogP contribution >= 0.6 is 0 Å². The first-order valence-electron chi connectivity index (χ1n) is 9.67. The summed E-state index contributed by atoms with van der Waals surface area (Å²) in [6, 6.07) is 13.2. The molecule has 2 heterocycles. The summed E-state index contributed by atoms with van der Waals surface area (Å²) in [5.41, 5.74) is 1.85. The number of carbonyl (C=O) groups excluding carboxylic acids is 2. The van der Waals surface area contributed by atoms with E-state index in [0.717, 1.165) is 5.52 Å². The Hall–Kier alpha value is -3.52. The Morgan fingerprint density at radius 3 is 2.67 bits per heavy atom. The van der Waals surface area contributed by atoms with Crippen molar-refractivity contribution in [1.82, 2.24) is 14.8 Å². The summed E-state index contributed by atoms with van der Waals surface area (Å²) in [5, 5.41) is 2.68. The van der Waals surface area contributed by atoms with Crippen LogP contribution in [-0.4, -0.2) is 59.3 Å². The third kappa shape index (κ3) is 4.90. The standard InChI is InChI=1S/C22H21FN4O3/c23-16-4-3-5-17(14-16)24-20(28)15-26-10-12-27(13-11-26)22(29)9-8-21-25-18-6-1-2-7-19(18)30-21/h1-9,14H,10-13,15H2,(H,24,28)/b9-8+. The van der Waals surface area contributed by atoms with Gasteiger partial charge in [0.25, 0.3) is 0 Å². The molecule has 2 amide bonds. The van der Waals surface area contributed by atoms with Crippen LogP contribution in [0.15, 0.2) is 59.0 Å². The van der Waals surface area contributed by atoms with Crippen LogP contribution in [0, 0.1) is 5.82 Å². The molecule has 1 N–H and O–H groups in total. The van der Waals surface area contributed by atoms with E-state index in [1.165, 1.54) is 18.2 Å². The Morgan fingerprint density at radius 2 is 1.90 bits per heavy atom. The van der Waals surface area contributed by atoms with Crippen molar-refractivity contribution in [1.29, 1.82) is 0 Å². The van der Waals surface area contributed by atoms with E-state index in [9.17, 15) is 14.0 Å². The molecular weight excluding hydrogens is 387 g/mol. The van der Waals surface area contributed by atoms with E-state index in [-0.39, 0.29) is 18.4 Å². The molecule has 1 aromatic heterocycles. The minimum Gasteiger partial charge on any atom is -0.437 e. The highest BCUT2D eigenvalue weighted by atomic mass is 19.1. The Labute approximate surface area is 172 Å². The number of nitrogens with zero attached hydrogens (tertiary/aromatic N) is 3. The quantitative estimate of drug-likeness (QED) is 0.657. The number of oxazole rings is 1. The molecule has 0 spiro atoms. The molecular formula is C22H21FN4O3. The molecule has 0 radical (unpaired) electrons. The highest BCUT2D eigenvalue weighted by Gasteiger charge is 2.21. The van der Waals surface area contributed by atoms with E-state index in [2.05, 4.69) is 10.3 Å². The second-order valence-electron chi connectivity index (χ2n) is 7.01. The van der Waals surface area contributed by atoms with Gasteiger partial charge in [-0.15, -0.1) is 0 Å². The number of hydrogen-bond donors (Lipinski definition) is 1. The average Bonchev–Trinajstić information content (AvgIpc) is 3.15. The van der Waals surface area contributed by atoms with Crippen LogP contribution in [0.25, 0.3) is 17.2 Å². The fraction of sp³-hybridized carbons (Fsp3) is 0.227. The maximum Gasteiger partial charge on any atom is 0.246 e. The topological polar surface area (TPSA) is 78.7 Å². The SMILES string of the molecule is O=C(CN1CCN(C(=O)/C=C/c2nc3ccccc3o2)CC1)Nc1cccc(F)c1. The van der Waals surface area contributed by atoms with Crippen LogP contribution in [0.5, 0.6) is 0 Å². The largest absolute Gasteiger partial charge is 0.437 e.